The number of hydrogen-bond acceptors (Lipinski definition) is 6. The van der Waals surface area contributed by atoms with Gasteiger partial charge in [0.1, 0.15) is 28.0 Å². The van der Waals surface area contributed by atoms with Crippen LogP contribution >= 0.6 is 23.2 Å². The fraction of sp³-hybridized carbons (Fsp3) is 0.190. The predicted molar refractivity (Wildman–Crippen MR) is 117 cm³/mol. The zero-order chi connectivity index (χ0) is 23.4. The Morgan fingerprint density at radius 1 is 1.09 bits per heavy atom. The first-order chi connectivity index (χ1) is 15.2. The maximum Gasteiger partial charge on any atom is 0.343 e. The van der Waals surface area contributed by atoms with Crippen molar-refractivity contribution in [2.45, 2.75) is 6.92 Å². The maximum absolute atomic E-state index is 13.2. The van der Waals surface area contributed by atoms with Crippen LogP contribution in [0.3, 0.4) is 0 Å². The molecule has 0 spiro atoms. The van der Waals surface area contributed by atoms with E-state index in [4.69, 9.17) is 37.4 Å². The topological polar surface area (TPSA) is 91.7 Å². The Balaban J connectivity index is 1.71. The Labute approximate surface area is 192 Å². The van der Waals surface area contributed by atoms with Gasteiger partial charge in [-0.15, -0.1) is 0 Å². The lowest BCUT2D eigenvalue weighted by Gasteiger charge is -2.13. The number of aromatic nitrogens is 2. The summed E-state index contributed by atoms with van der Waals surface area (Å²) in [6.07, 6.45) is 0. The highest BCUT2D eigenvalue weighted by Crippen LogP contribution is 2.35. The smallest absolute Gasteiger partial charge is 0.343 e. The first-order valence-electron chi connectivity index (χ1n) is 9.14. The van der Waals surface area contributed by atoms with Gasteiger partial charge >= 0.3 is 5.97 Å². The minimum atomic E-state index is -0.837. The fourth-order valence-corrected chi connectivity index (χ4v) is 3.42. The summed E-state index contributed by atoms with van der Waals surface area (Å²) < 4.78 is 29.8. The van der Waals surface area contributed by atoms with E-state index >= 15 is 0 Å². The summed E-state index contributed by atoms with van der Waals surface area (Å²) in [6, 6.07) is 8.37. The molecule has 11 heteroatoms. The fourth-order valence-electron chi connectivity index (χ4n) is 2.83. The molecule has 8 nitrogen and oxygen atoms in total. The minimum Gasteiger partial charge on any atom is -0.495 e. The number of rotatable bonds is 7. The number of aryl methyl sites for hydroxylation is 1. The van der Waals surface area contributed by atoms with Gasteiger partial charge in [-0.05, 0) is 37.3 Å². The number of halogens is 3. The van der Waals surface area contributed by atoms with E-state index < -0.39 is 24.3 Å². The summed E-state index contributed by atoms with van der Waals surface area (Å²) in [5, 5.41) is 6.98. The molecule has 0 saturated heterocycles. The lowest BCUT2D eigenvalue weighted by atomic mass is 10.2. The van der Waals surface area contributed by atoms with Crippen molar-refractivity contribution in [3.05, 3.63) is 63.6 Å². The second-order valence-electron chi connectivity index (χ2n) is 6.45. The first kappa shape index (κ1) is 23.4. The van der Waals surface area contributed by atoms with Gasteiger partial charge in [-0.3, -0.25) is 4.79 Å². The van der Waals surface area contributed by atoms with E-state index in [1.54, 1.807) is 6.92 Å². The maximum atomic E-state index is 13.2. The molecule has 32 heavy (non-hydrogen) atoms. The van der Waals surface area contributed by atoms with E-state index in [0.29, 0.717) is 17.2 Å². The summed E-state index contributed by atoms with van der Waals surface area (Å²) in [4.78, 5) is 24.8. The summed E-state index contributed by atoms with van der Waals surface area (Å²) in [6.45, 7) is 0.968. The number of anilines is 1. The van der Waals surface area contributed by atoms with Crippen LogP contribution in [0.25, 0.3) is 5.69 Å². The van der Waals surface area contributed by atoms with Crippen LogP contribution in [0.15, 0.2) is 36.4 Å². The molecule has 0 bridgehead atoms. The van der Waals surface area contributed by atoms with Crippen LogP contribution in [0.5, 0.6) is 11.5 Å². The van der Waals surface area contributed by atoms with Crippen molar-refractivity contribution in [2.75, 3.05) is 26.1 Å². The minimum absolute atomic E-state index is 0.00568. The number of esters is 1. The number of carbonyl (C=O) groups is 2. The van der Waals surface area contributed by atoms with Crippen molar-refractivity contribution in [2.24, 2.45) is 0 Å². The Bertz CT molecular complexity index is 1170. The first-order valence-corrected chi connectivity index (χ1v) is 9.90. The van der Waals surface area contributed by atoms with Crippen LogP contribution in [0.4, 0.5) is 10.1 Å². The number of benzene rings is 2. The molecular formula is C21H18Cl2FN3O5. The molecule has 0 fully saturated rings. The highest BCUT2D eigenvalue weighted by molar-refractivity contribution is 6.33. The zero-order valence-electron chi connectivity index (χ0n) is 17.2. The lowest BCUT2D eigenvalue weighted by Crippen LogP contribution is -2.21. The van der Waals surface area contributed by atoms with Crippen molar-refractivity contribution in [1.82, 2.24) is 9.78 Å². The lowest BCUT2D eigenvalue weighted by molar-refractivity contribution is -0.119. The van der Waals surface area contributed by atoms with E-state index in [2.05, 4.69) is 10.4 Å². The Morgan fingerprint density at radius 2 is 1.75 bits per heavy atom. The van der Waals surface area contributed by atoms with Crippen molar-refractivity contribution in [3.63, 3.8) is 0 Å². The zero-order valence-corrected chi connectivity index (χ0v) is 18.8. The number of nitrogens with one attached hydrogen (secondary N) is 1. The summed E-state index contributed by atoms with van der Waals surface area (Å²) in [5.41, 5.74) is 1.01. The second kappa shape index (κ2) is 9.88. The van der Waals surface area contributed by atoms with Crippen LogP contribution in [-0.2, 0) is 9.53 Å². The van der Waals surface area contributed by atoms with Gasteiger partial charge in [0.15, 0.2) is 6.61 Å². The Kier molecular flexibility index (Phi) is 7.22. The van der Waals surface area contributed by atoms with E-state index in [-0.39, 0.29) is 27.1 Å². The number of methoxy groups -OCH3 is 2. The number of amides is 1. The van der Waals surface area contributed by atoms with Gasteiger partial charge in [-0.2, -0.15) is 5.10 Å². The molecule has 1 amide bonds. The molecule has 2 aromatic carbocycles. The van der Waals surface area contributed by atoms with Crippen molar-refractivity contribution >= 4 is 40.8 Å². The summed E-state index contributed by atoms with van der Waals surface area (Å²) >= 11 is 12.4. The molecule has 0 radical (unpaired) electrons. The summed E-state index contributed by atoms with van der Waals surface area (Å²) in [7, 11) is 2.87. The molecule has 0 unspecified atom stereocenters. The number of ether oxygens (including phenoxy) is 3. The molecule has 168 valence electrons. The second-order valence-corrected chi connectivity index (χ2v) is 7.22. The van der Waals surface area contributed by atoms with Gasteiger partial charge in [0.05, 0.1) is 36.3 Å². The Morgan fingerprint density at radius 3 is 2.38 bits per heavy atom. The molecule has 0 aliphatic carbocycles. The highest BCUT2D eigenvalue weighted by atomic mass is 35.5. The van der Waals surface area contributed by atoms with Crippen LogP contribution in [0.2, 0.25) is 10.2 Å². The molecule has 3 rings (SSSR count). The molecule has 0 aliphatic heterocycles. The van der Waals surface area contributed by atoms with E-state index in [9.17, 15) is 14.0 Å². The van der Waals surface area contributed by atoms with Crippen molar-refractivity contribution in [1.29, 1.82) is 0 Å². The van der Waals surface area contributed by atoms with E-state index in [1.165, 1.54) is 55.3 Å². The number of hydrogen-bond donors (Lipinski definition) is 1. The summed E-state index contributed by atoms with van der Waals surface area (Å²) in [5.74, 6) is -1.20. The molecule has 1 aromatic heterocycles. The SMILES string of the molecule is COc1cc(OC)c(NC(=O)COC(=O)c2c(C)nn(-c3ccc(F)cc3)c2Cl)cc1Cl. The van der Waals surface area contributed by atoms with Crippen molar-refractivity contribution in [3.8, 4) is 17.2 Å². The quantitative estimate of drug-likeness (QED) is 0.501. The number of carbonyl (C=O) groups excluding carboxylic acids is 2. The molecule has 0 aliphatic rings. The van der Waals surface area contributed by atoms with Gasteiger partial charge in [-0.1, -0.05) is 23.2 Å². The standard InChI is InChI=1S/C21H18Cl2FN3O5/c1-11-19(20(23)27(26-11)13-6-4-12(24)5-7-13)21(29)32-10-18(28)25-15-8-14(22)16(30-2)9-17(15)31-3/h4-9H,10H2,1-3H3,(H,25,28). The third kappa shape index (κ3) is 4.95. The molecule has 1 heterocycles. The third-order valence-corrected chi connectivity index (χ3v) is 5.01. The average molecular weight is 482 g/mol. The van der Waals surface area contributed by atoms with Gasteiger partial charge < -0.3 is 19.5 Å². The van der Waals surface area contributed by atoms with Gasteiger partial charge in [-0.25, -0.2) is 13.9 Å². The van der Waals surface area contributed by atoms with E-state index in [1.807, 2.05) is 0 Å². The van der Waals surface area contributed by atoms with E-state index in [0.717, 1.165) is 0 Å². The molecule has 0 saturated carbocycles. The number of nitrogens with zero attached hydrogens (tertiary/aromatic N) is 2. The van der Waals surface area contributed by atoms with Gasteiger partial charge in [0.25, 0.3) is 5.91 Å². The predicted octanol–water partition coefficient (Wildman–Crippen LogP) is 4.44. The normalized spacial score (nSPS) is 10.6. The van der Waals surface area contributed by atoms with Crippen molar-refractivity contribution < 1.29 is 28.2 Å². The van der Waals surface area contributed by atoms with Crippen LogP contribution < -0.4 is 14.8 Å². The van der Waals surface area contributed by atoms with Crippen LogP contribution in [0, 0.1) is 12.7 Å². The third-order valence-electron chi connectivity index (χ3n) is 4.36. The van der Waals surface area contributed by atoms with Gasteiger partial charge in [0, 0.05) is 6.07 Å². The average Bonchev–Trinajstić information content (AvgIpc) is 3.06. The molecule has 3 aromatic rings. The monoisotopic (exact) mass is 481 g/mol. The molecule has 1 N–H and O–H groups in total. The molecular weight excluding hydrogens is 464 g/mol. The Hall–Kier alpha value is -3.30. The van der Waals surface area contributed by atoms with Crippen LogP contribution in [0.1, 0.15) is 16.1 Å². The largest absolute Gasteiger partial charge is 0.495 e. The van der Waals surface area contributed by atoms with Crippen LogP contribution in [-0.4, -0.2) is 42.5 Å². The highest BCUT2D eigenvalue weighted by Gasteiger charge is 2.23. The molecule has 0 atom stereocenters. The van der Waals surface area contributed by atoms with Gasteiger partial charge in [0.2, 0.25) is 0 Å².